The summed E-state index contributed by atoms with van der Waals surface area (Å²) in [5.41, 5.74) is 19.9. The lowest BCUT2D eigenvalue weighted by atomic mass is 9.81. The van der Waals surface area contributed by atoms with Crippen LogP contribution in [0.4, 0.5) is 17.1 Å². The van der Waals surface area contributed by atoms with Crippen LogP contribution in [0.25, 0.3) is 99.1 Å². The van der Waals surface area contributed by atoms with Gasteiger partial charge in [0.05, 0.1) is 0 Å². The van der Waals surface area contributed by atoms with Gasteiger partial charge in [-0.15, -0.1) is 0 Å². The first kappa shape index (κ1) is 39.0. The molecule has 0 unspecified atom stereocenters. The van der Waals surface area contributed by atoms with E-state index in [4.69, 9.17) is 4.42 Å². The molecule has 67 heavy (non-hydrogen) atoms. The molecule has 0 radical (unpaired) electrons. The van der Waals surface area contributed by atoms with Gasteiger partial charge >= 0.3 is 0 Å². The van der Waals surface area contributed by atoms with Crippen molar-refractivity contribution in [2.24, 2.45) is 0 Å². The standard InChI is InChI=1S/C65H45NO/c1-65(2)61-39-47(42-12-4-3-5-13-42)28-35-56(61)57-37-34-52(41-62(57)65)66(51-32-26-46(27-33-51)60-38-49-14-6-7-15-53(49)54-16-8-9-17-55(54)60)50-30-24-44(25-31-50)43-20-22-45(23-21-43)48-29-36-59-58-18-10-11-19-63(58)67-64(59)40-48/h3-41H,1-2H3. The van der Waals surface area contributed by atoms with Crippen molar-refractivity contribution < 1.29 is 4.42 Å². The molecule has 0 atom stereocenters. The van der Waals surface area contributed by atoms with E-state index in [1.807, 2.05) is 12.1 Å². The van der Waals surface area contributed by atoms with Gasteiger partial charge in [0.1, 0.15) is 11.2 Å². The van der Waals surface area contributed by atoms with E-state index in [9.17, 15) is 0 Å². The minimum absolute atomic E-state index is 0.189. The fraction of sp³-hybridized carbons (Fsp3) is 0.0462. The van der Waals surface area contributed by atoms with E-state index >= 15 is 0 Å². The molecule has 2 heteroatoms. The Balaban J connectivity index is 0.874. The zero-order valence-corrected chi connectivity index (χ0v) is 37.4. The summed E-state index contributed by atoms with van der Waals surface area (Å²) in [5.74, 6) is 0. The number of fused-ring (bicyclic) bond motifs is 9. The van der Waals surface area contributed by atoms with E-state index in [1.54, 1.807) is 0 Å². The Hall–Kier alpha value is -8.46. The molecular weight excluding hydrogens is 811 g/mol. The lowest BCUT2D eigenvalue weighted by Gasteiger charge is -2.28. The van der Waals surface area contributed by atoms with Gasteiger partial charge in [-0.25, -0.2) is 0 Å². The minimum atomic E-state index is -0.189. The van der Waals surface area contributed by atoms with E-state index < -0.39 is 0 Å². The van der Waals surface area contributed by atoms with Crippen molar-refractivity contribution in [2.75, 3.05) is 4.90 Å². The minimum Gasteiger partial charge on any atom is -0.456 e. The Morgan fingerprint density at radius 2 is 0.776 bits per heavy atom. The molecule has 0 saturated carbocycles. The van der Waals surface area contributed by atoms with Crippen LogP contribution in [0.1, 0.15) is 25.0 Å². The van der Waals surface area contributed by atoms with Crippen LogP contribution < -0.4 is 4.90 Å². The molecule has 0 bridgehead atoms. The highest BCUT2D eigenvalue weighted by Crippen LogP contribution is 2.52. The number of hydrogen-bond donors (Lipinski definition) is 0. The maximum atomic E-state index is 6.22. The summed E-state index contributed by atoms with van der Waals surface area (Å²) in [4.78, 5) is 2.41. The topological polar surface area (TPSA) is 16.4 Å². The average molecular weight is 856 g/mol. The quantitative estimate of drug-likeness (QED) is 0.149. The molecule has 1 aliphatic carbocycles. The number of rotatable bonds is 7. The van der Waals surface area contributed by atoms with Crippen molar-refractivity contribution in [2.45, 2.75) is 19.3 Å². The van der Waals surface area contributed by atoms with E-state index in [0.29, 0.717) is 0 Å². The smallest absolute Gasteiger partial charge is 0.136 e. The van der Waals surface area contributed by atoms with Gasteiger partial charge in [-0.1, -0.05) is 184 Å². The maximum absolute atomic E-state index is 6.22. The molecule has 1 aliphatic rings. The van der Waals surface area contributed by atoms with Crippen LogP contribution in [-0.4, -0.2) is 0 Å². The third-order valence-electron chi connectivity index (χ3n) is 14.3. The summed E-state index contributed by atoms with van der Waals surface area (Å²) in [6.45, 7) is 4.75. The van der Waals surface area contributed by atoms with E-state index in [0.717, 1.165) is 50.1 Å². The Morgan fingerprint density at radius 1 is 0.299 bits per heavy atom. The van der Waals surface area contributed by atoms with E-state index in [2.05, 4.69) is 243 Å². The summed E-state index contributed by atoms with van der Waals surface area (Å²) in [6, 6.07) is 86.5. The first-order chi connectivity index (χ1) is 32.9. The molecule has 13 rings (SSSR count). The highest BCUT2D eigenvalue weighted by atomic mass is 16.3. The van der Waals surface area contributed by atoms with E-state index in [-0.39, 0.29) is 5.41 Å². The van der Waals surface area contributed by atoms with Crippen molar-refractivity contribution in [3.8, 4) is 55.6 Å². The molecule has 316 valence electrons. The molecule has 0 N–H and O–H groups in total. The zero-order valence-electron chi connectivity index (χ0n) is 37.4. The van der Waals surface area contributed by atoms with Gasteiger partial charge in [-0.05, 0) is 155 Å². The van der Waals surface area contributed by atoms with Crippen molar-refractivity contribution in [1.82, 2.24) is 0 Å². The third kappa shape index (κ3) is 6.48. The summed E-state index contributed by atoms with van der Waals surface area (Å²) in [6.07, 6.45) is 0. The molecule has 2 nitrogen and oxygen atoms in total. The normalized spacial score (nSPS) is 12.7. The van der Waals surface area contributed by atoms with Gasteiger partial charge in [0.15, 0.2) is 0 Å². The molecule has 0 saturated heterocycles. The fourth-order valence-corrected chi connectivity index (χ4v) is 10.8. The Morgan fingerprint density at radius 3 is 1.51 bits per heavy atom. The average Bonchev–Trinajstić information content (AvgIpc) is 3.87. The van der Waals surface area contributed by atoms with Gasteiger partial charge in [-0.2, -0.15) is 0 Å². The second-order valence-corrected chi connectivity index (χ2v) is 18.5. The summed E-state index contributed by atoms with van der Waals surface area (Å²) in [7, 11) is 0. The molecule has 11 aromatic carbocycles. The van der Waals surface area contributed by atoms with Crippen LogP contribution in [0.5, 0.6) is 0 Å². The van der Waals surface area contributed by atoms with Crippen LogP contribution in [0.3, 0.4) is 0 Å². The number of anilines is 3. The number of nitrogens with zero attached hydrogens (tertiary/aromatic N) is 1. The third-order valence-corrected chi connectivity index (χ3v) is 14.3. The monoisotopic (exact) mass is 855 g/mol. The summed E-state index contributed by atoms with van der Waals surface area (Å²) in [5, 5.41) is 7.36. The molecular formula is C65H45NO. The molecule has 12 aromatic rings. The second-order valence-electron chi connectivity index (χ2n) is 18.5. The predicted octanol–water partition coefficient (Wildman–Crippen LogP) is 18.3. The molecule has 0 fully saturated rings. The number of benzene rings is 11. The second kappa shape index (κ2) is 15.3. The van der Waals surface area contributed by atoms with Crippen LogP contribution in [0.15, 0.2) is 241 Å². The number of furan rings is 1. The van der Waals surface area contributed by atoms with Gasteiger partial charge in [0, 0.05) is 33.2 Å². The van der Waals surface area contributed by atoms with Crippen LogP contribution >= 0.6 is 0 Å². The fourth-order valence-electron chi connectivity index (χ4n) is 10.8. The number of hydrogen-bond acceptors (Lipinski definition) is 2. The van der Waals surface area contributed by atoms with Gasteiger partial charge in [-0.3, -0.25) is 0 Å². The molecule has 1 heterocycles. The molecule has 0 spiro atoms. The largest absolute Gasteiger partial charge is 0.456 e. The predicted molar refractivity (Wildman–Crippen MR) is 283 cm³/mol. The van der Waals surface area contributed by atoms with Crippen molar-refractivity contribution in [3.05, 3.63) is 248 Å². The van der Waals surface area contributed by atoms with Crippen LogP contribution in [0, 0.1) is 0 Å². The maximum Gasteiger partial charge on any atom is 0.136 e. The van der Waals surface area contributed by atoms with Crippen molar-refractivity contribution >= 4 is 60.5 Å². The Labute approximate surface area is 390 Å². The summed E-state index contributed by atoms with van der Waals surface area (Å²) < 4.78 is 6.22. The van der Waals surface area contributed by atoms with Gasteiger partial charge in [0.25, 0.3) is 0 Å². The lowest BCUT2D eigenvalue weighted by molar-refractivity contribution is 0.660. The SMILES string of the molecule is CC1(C)c2cc(-c3ccccc3)ccc2-c2ccc(N(c3ccc(-c4ccc(-c5ccc6c(c5)oc5ccccc56)cc4)cc3)c3ccc(-c4cc5ccccc5c5ccccc45)cc3)cc21. The van der Waals surface area contributed by atoms with E-state index in [1.165, 1.54) is 77.2 Å². The molecule has 0 aliphatic heterocycles. The Bertz CT molecular complexity index is 3860. The number of para-hydroxylation sites is 1. The highest BCUT2D eigenvalue weighted by Gasteiger charge is 2.36. The zero-order chi connectivity index (χ0) is 44.6. The van der Waals surface area contributed by atoms with Crippen molar-refractivity contribution in [3.63, 3.8) is 0 Å². The van der Waals surface area contributed by atoms with Crippen LogP contribution in [0.2, 0.25) is 0 Å². The van der Waals surface area contributed by atoms with Gasteiger partial charge in [0.2, 0.25) is 0 Å². The first-order valence-corrected chi connectivity index (χ1v) is 23.2. The Kier molecular flexibility index (Phi) is 8.91. The molecule has 1 aromatic heterocycles. The highest BCUT2D eigenvalue weighted by molar-refractivity contribution is 6.14. The van der Waals surface area contributed by atoms with Gasteiger partial charge < -0.3 is 9.32 Å². The lowest BCUT2D eigenvalue weighted by Crippen LogP contribution is -2.16. The first-order valence-electron chi connectivity index (χ1n) is 23.2. The molecule has 0 amide bonds. The summed E-state index contributed by atoms with van der Waals surface area (Å²) >= 11 is 0. The van der Waals surface area contributed by atoms with Crippen LogP contribution in [-0.2, 0) is 5.41 Å². The van der Waals surface area contributed by atoms with Crippen molar-refractivity contribution in [1.29, 1.82) is 0 Å².